The fourth-order valence-corrected chi connectivity index (χ4v) is 6.05. The Morgan fingerprint density at radius 3 is 3.21 bits per heavy atom. The molecule has 5 rings (SSSR count). The number of hydrogen-bond acceptors (Lipinski definition) is 7. The van der Waals surface area contributed by atoms with Crippen LogP contribution >= 0.6 is 34.4 Å². The quantitative estimate of drug-likeness (QED) is 0.438. The largest absolute Gasteiger partial charge is 0.309 e. The second kappa shape index (κ2) is 5.65. The van der Waals surface area contributed by atoms with Crippen molar-refractivity contribution in [2.24, 2.45) is 0 Å². The Morgan fingerprint density at radius 1 is 1.29 bits per heavy atom. The van der Waals surface area contributed by atoms with E-state index in [1.807, 2.05) is 11.4 Å². The second-order valence-corrected chi connectivity index (χ2v) is 8.62. The minimum absolute atomic E-state index is 0.0603. The molecule has 4 aromatic rings. The van der Waals surface area contributed by atoms with Crippen LogP contribution < -0.4 is 5.56 Å². The van der Waals surface area contributed by atoms with E-state index < -0.39 is 0 Å². The number of thioether (sulfide) groups is 1. The summed E-state index contributed by atoms with van der Waals surface area (Å²) in [5.74, 6) is 1.28. The lowest BCUT2D eigenvalue weighted by atomic mass is 10.2. The van der Waals surface area contributed by atoms with Gasteiger partial charge in [-0.3, -0.25) is 4.79 Å². The molecule has 0 bridgehead atoms. The highest BCUT2D eigenvalue weighted by atomic mass is 32.2. The van der Waals surface area contributed by atoms with Crippen molar-refractivity contribution in [3.8, 4) is 0 Å². The van der Waals surface area contributed by atoms with Crippen LogP contribution in [0.2, 0.25) is 0 Å². The summed E-state index contributed by atoms with van der Waals surface area (Å²) in [5.41, 5.74) is 2.13. The summed E-state index contributed by atoms with van der Waals surface area (Å²) in [4.78, 5) is 31.0. The third-order valence-electron chi connectivity index (χ3n) is 4.18. The van der Waals surface area contributed by atoms with E-state index in [1.165, 1.54) is 33.6 Å². The Morgan fingerprint density at radius 2 is 2.25 bits per heavy atom. The lowest BCUT2D eigenvalue weighted by Crippen LogP contribution is -2.09. The SMILES string of the molecule is O=c1[nH]c(CSc2ncnc3sc4c(c23)CCC4)nc2ccsc12. The number of thiophene rings is 2. The van der Waals surface area contributed by atoms with Gasteiger partial charge < -0.3 is 4.98 Å². The van der Waals surface area contributed by atoms with Crippen molar-refractivity contribution in [3.63, 3.8) is 0 Å². The van der Waals surface area contributed by atoms with E-state index in [2.05, 4.69) is 19.9 Å². The van der Waals surface area contributed by atoms with Crippen LogP contribution in [0, 0.1) is 0 Å². The van der Waals surface area contributed by atoms with Crippen LogP contribution in [-0.4, -0.2) is 19.9 Å². The molecule has 5 nitrogen and oxygen atoms in total. The van der Waals surface area contributed by atoms with Crippen molar-refractivity contribution in [3.05, 3.63) is 44.4 Å². The molecule has 4 heterocycles. The molecule has 8 heteroatoms. The van der Waals surface area contributed by atoms with Gasteiger partial charge >= 0.3 is 0 Å². The van der Waals surface area contributed by atoms with Crippen LogP contribution in [0.4, 0.5) is 0 Å². The smallest absolute Gasteiger partial charge is 0.268 e. The first-order valence-corrected chi connectivity index (χ1v) is 10.3. The highest BCUT2D eigenvalue weighted by Crippen LogP contribution is 2.40. The van der Waals surface area contributed by atoms with E-state index in [-0.39, 0.29) is 5.56 Å². The third-order valence-corrected chi connectivity index (χ3v) is 7.28. The summed E-state index contributed by atoms with van der Waals surface area (Å²) in [6.07, 6.45) is 5.13. The van der Waals surface area contributed by atoms with Gasteiger partial charge in [0.05, 0.1) is 11.3 Å². The fraction of sp³-hybridized carbons (Fsp3) is 0.250. The summed E-state index contributed by atoms with van der Waals surface area (Å²) in [7, 11) is 0. The van der Waals surface area contributed by atoms with Gasteiger partial charge in [-0.2, -0.15) is 0 Å². The number of rotatable bonds is 3. The maximum atomic E-state index is 12.1. The van der Waals surface area contributed by atoms with E-state index in [9.17, 15) is 4.79 Å². The molecular formula is C16H12N4OS3. The summed E-state index contributed by atoms with van der Waals surface area (Å²) >= 11 is 4.83. The molecular weight excluding hydrogens is 360 g/mol. The standard InChI is InChI=1S/C16H12N4OS3/c21-14-13-9(4-5-22-13)19-11(20-14)6-23-15-12-8-2-1-3-10(8)24-16(12)18-7-17-15/h4-5,7H,1-3,6H2,(H,19,20,21). The lowest BCUT2D eigenvalue weighted by molar-refractivity contribution is 0.915. The molecule has 1 N–H and O–H groups in total. The average Bonchev–Trinajstić information content (AvgIpc) is 3.27. The monoisotopic (exact) mass is 372 g/mol. The molecule has 0 amide bonds. The molecule has 1 aliphatic carbocycles. The van der Waals surface area contributed by atoms with E-state index in [4.69, 9.17) is 0 Å². The number of nitrogens with one attached hydrogen (secondary N) is 1. The van der Waals surface area contributed by atoms with Gasteiger partial charge in [-0.25, -0.2) is 15.0 Å². The third kappa shape index (κ3) is 2.28. The number of aryl methyl sites for hydroxylation is 2. The molecule has 0 fully saturated rings. The maximum absolute atomic E-state index is 12.1. The molecule has 0 unspecified atom stereocenters. The zero-order valence-electron chi connectivity index (χ0n) is 12.5. The molecule has 0 atom stereocenters. The predicted molar refractivity (Wildman–Crippen MR) is 99.2 cm³/mol. The van der Waals surface area contributed by atoms with E-state index in [0.29, 0.717) is 16.3 Å². The van der Waals surface area contributed by atoms with Crippen molar-refractivity contribution in [1.29, 1.82) is 0 Å². The zero-order chi connectivity index (χ0) is 16.1. The summed E-state index contributed by atoms with van der Waals surface area (Å²) in [6, 6.07) is 1.89. The van der Waals surface area contributed by atoms with Gasteiger partial charge in [-0.05, 0) is 36.3 Å². The average molecular weight is 373 g/mol. The van der Waals surface area contributed by atoms with Gasteiger partial charge in [-0.1, -0.05) is 11.8 Å². The topological polar surface area (TPSA) is 71.5 Å². The van der Waals surface area contributed by atoms with Gasteiger partial charge in [0.1, 0.15) is 26.7 Å². The molecule has 0 saturated carbocycles. The Balaban J connectivity index is 1.51. The highest BCUT2D eigenvalue weighted by Gasteiger charge is 2.21. The minimum Gasteiger partial charge on any atom is -0.309 e. The number of hydrogen-bond donors (Lipinski definition) is 1. The predicted octanol–water partition coefficient (Wildman–Crippen LogP) is 3.77. The van der Waals surface area contributed by atoms with Crippen LogP contribution in [0.15, 0.2) is 27.6 Å². The van der Waals surface area contributed by atoms with E-state index in [1.54, 1.807) is 29.4 Å². The Bertz CT molecular complexity index is 1130. The molecule has 4 aromatic heterocycles. The van der Waals surface area contributed by atoms with Crippen molar-refractivity contribution < 1.29 is 0 Å². The fourth-order valence-electron chi connectivity index (χ4n) is 3.14. The number of nitrogens with zero attached hydrogens (tertiary/aromatic N) is 3. The molecule has 120 valence electrons. The first-order chi connectivity index (χ1) is 11.8. The summed E-state index contributed by atoms with van der Waals surface area (Å²) in [6.45, 7) is 0. The van der Waals surface area contributed by atoms with Crippen LogP contribution in [0.25, 0.3) is 20.4 Å². The van der Waals surface area contributed by atoms with Crippen LogP contribution in [0.5, 0.6) is 0 Å². The normalized spacial score (nSPS) is 13.8. The van der Waals surface area contributed by atoms with Crippen molar-refractivity contribution in [2.75, 3.05) is 0 Å². The van der Waals surface area contributed by atoms with Gasteiger partial charge in [0.15, 0.2) is 0 Å². The Kier molecular flexibility index (Phi) is 3.43. The first kappa shape index (κ1) is 14.6. The molecule has 0 spiro atoms. The van der Waals surface area contributed by atoms with Gasteiger partial charge in [0, 0.05) is 10.3 Å². The number of aromatic amines is 1. The molecule has 1 aliphatic rings. The van der Waals surface area contributed by atoms with E-state index >= 15 is 0 Å². The molecule has 0 aliphatic heterocycles. The number of H-pyrrole nitrogens is 1. The van der Waals surface area contributed by atoms with Gasteiger partial charge in [0.2, 0.25) is 0 Å². The van der Waals surface area contributed by atoms with Crippen molar-refractivity contribution in [1.82, 2.24) is 19.9 Å². The second-order valence-electron chi connectivity index (χ2n) is 5.65. The molecule has 24 heavy (non-hydrogen) atoms. The summed E-state index contributed by atoms with van der Waals surface area (Å²) in [5, 5.41) is 4.10. The van der Waals surface area contributed by atoms with Crippen LogP contribution in [-0.2, 0) is 18.6 Å². The number of aromatic nitrogens is 4. The van der Waals surface area contributed by atoms with Crippen molar-refractivity contribution >= 4 is 54.9 Å². The van der Waals surface area contributed by atoms with Gasteiger partial charge in [0.25, 0.3) is 5.56 Å². The zero-order valence-corrected chi connectivity index (χ0v) is 15.0. The lowest BCUT2D eigenvalue weighted by Gasteiger charge is -2.04. The minimum atomic E-state index is -0.0603. The summed E-state index contributed by atoms with van der Waals surface area (Å²) < 4.78 is 0.684. The van der Waals surface area contributed by atoms with E-state index in [0.717, 1.165) is 28.2 Å². The van der Waals surface area contributed by atoms with Crippen LogP contribution in [0.1, 0.15) is 22.7 Å². The van der Waals surface area contributed by atoms with Crippen LogP contribution in [0.3, 0.4) is 0 Å². The molecule has 0 aromatic carbocycles. The van der Waals surface area contributed by atoms with Crippen molar-refractivity contribution in [2.45, 2.75) is 30.0 Å². The van der Waals surface area contributed by atoms with Gasteiger partial charge in [-0.15, -0.1) is 22.7 Å². The first-order valence-electron chi connectivity index (χ1n) is 7.64. The maximum Gasteiger partial charge on any atom is 0.268 e. The molecule has 0 radical (unpaired) electrons. The molecule has 0 saturated heterocycles. The Labute approximate surface area is 149 Å². The highest BCUT2D eigenvalue weighted by molar-refractivity contribution is 7.98. The Hall–Kier alpha value is -1.77. The number of fused-ring (bicyclic) bond motifs is 4.